The van der Waals surface area contributed by atoms with Crippen LogP contribution in [-0.4, -0.2) is 44.7 Å². The summed E-state index contributed by atoms with van der Waals surface area (Å²) in [7, 11) is 1.66. The topological polar surface area (TPSA) is 88.1 Å². The Kier molecular flexibility index (Phi) is 6.01. The maximum Gasteiger partial charge on any atom is 0.258 e. The maximum absolute atomic E-state index is 5.87. The molecule has 4 heterocycles. The quantitative estimate of drug-likeness (QED) is 0.358. The molecular weight excluding hydrogens is 434 g/mol. The van der Waals surface area contributed by atoms with Crippen molar-refractivity contribution >= 4 is 23.1 Å². The Morgan fingerprint density at radius 1 is 1.19 bits per heavy atom. The summed E-state index contributed by atoms with van der Waals surface area (Å²) < 4.78 is 18.7. The van der Waals surface area contributed by atoms with Crippen LogP contribution in [0.15, 0.2) is 50.8 Å². The lowest BCUT2D eigenvalue weighted by Gasteiger charge is -2.14. The number of methoxy groups -OCH3 is 1. The third kappa shape index (κ3) is 4.51. The van der Waals surface area contributed by atoms with Gasteiger partial charge in [0.1, 0.15) is 5.75 Å². The standard InChI is InChI=1S/C21H21N5O3S2/c1-27-16-6-4-14(5-7-16)19-23-24-21(26(19)11-17-3-2-9-28-17)31-13-18-22-20(29-25-18)15-8-10-30-12-15/h4-8,10,12,17H,2-3,9,11,13H2,1H3. The number of benzene rings is 1. The van der Waals surface area contributed by atoms with Gasteiger partial charge in [0.15, 0.2) is 16.8 Å². The monoisotopic (exact) mass is 455 g/mol. The fourth-order valence-corrected chi connectivity index (χ4v) is 4.87. The lowest BCUT2D eigenvalue weighted by Crippen LogP contribution is -2.16. The zero-order valence-electron chi connectivity index (χ0n) is 16.9. The molecule has 0 spiro atoms. The van der Waals surface area contributed by atoms with Crippen LogP contribution in [-0.2, 0) is 17.0 Å². The normalized spacial score (nSPS) is 16.1. The van der Waals surface area contributed by atoms with Crippen molar-refractivity contribution < 1.29 is 14.0 Å². The smallest absolute Gasteiger partial charge is 0.258 e. The van der Waals surface area contributed by atoms with E-state index in [1.54, 1.807) is 30.2 Å². The average Bonchev–Trinajstić information content (AvgIpc) is 3.61. The molecular formula is C21H21N5O3S2. The summed E-state index contributed by atoms with van der Waals surface area (Å²) in [6.45, 7) is 1.52. The van der Waals surface area contributed by atoms with E-state index in [9.17, 15) is 0 Å². The first-order chi connectivity index (χ1) is 15.3. The molecule has 1 aromatic carbocycles. The van der Waals surface area contributed by atoms with Gasteiger partial charge < -0.3 is 14.0 Å². The summed E-state index contributed by atoms with van der Waals surface area (Å²) in [4.78, 5) is 4.50. The second-order valence-corrected chi connectivity index (χ2v) is 8.82. The molecule has 1 aliphatic heterocycles. The number of ether oxygens (including phenoxy) is 2. The molecule has 1 atom stereocenters. The molecule has 8 nitrogen and oxygen atoms in total. The van der Waals surface area contributed by atoms with Gasteiger partial charge in [0.2, 0.25) is 0 Å². The minimum atomic E-state index is 0.169. The van der Waals surface area contributed by atoms with E-state index in [-0.39, 0.29) is 6.10 Å². The Bertz CT molecular complexity index is 1120. The van der Waals surface area contributed by atoms with Crippen LogP contribution in [0.4, 0.5) is 0 Å². The molecule has 0 aliphatic carbocycles. The molecule has 3 aromatic heterocycles. The van der Waals surface area contributed by atoms with Gasteiger partial charge in [-0.3, -0.25) is 4.57 Å². The molecule has 1 unspecified atom stereocenters. The molecule has 0 N–H and O–H groups in total. The van der Waals surface area contributed by atoms with Crippen molar-refractivity contribution in [3.05, 3.63) is 46.9 Å². The van der Waals surface area contributed by atoms with Crippen LogP contribution in [0.1, 0.15) is 18.7 Å². The summed E-state index contributed by atoms with van der Waals surface area (Å²) in [6.07, 6.45) is 2.29. The highest BCUT2D eigenvalue weighted by atomic mass is 32.2. The lowest BCUT2D eigenvalue weighted by molar-refractivity contribution is 0.0953. The predicted octanol–water partition coefficient (Wildman–Crippen LogP) is 4.54. The molecule has 0 saturated carbocycles. The minimum absolute atomic E-state index is 0.169. The molecule has 0 amide bonds. The van der Waals surface area contributed by atoms with E-state index in [1.807, 2.05) is 41.1 Å². The first-order valence-corrected chi connectivity index (χ1v) is 11.9. The lowest BCUT2D eigenvalue weighted by atomic mass is 10.2. The molecule has 1 saturated heterocycles. The van der Waals surface area contributed by atoms with E-state index >= 15 is 0 Å². The van der Waals surface area contributed by atoms with Crippen LogP contribution in [0.2, 0.25) is 0 Å². The van der Waals surface area contributed by atoms with Gasteiger partial charge in [-0.1, -0.05) is 16.9 Å². The average molecular weight is 456 g/mol. The van der Waals surface area contributed by atoms with E-state index in [4.69, 9.17) is 14.0 Å². The Balaban J connectivity index is 1.37. The van der Waals surface area contributed by atoms with Gasteiger partial charge in [-0.25, -0.2) is 0 Å². The van der Waals surface area contributed by atoms with Gasteiger partial charge in [-0.15, -0.1) is 10.2 Å². The fourth-order valence-electron chi connectivity index (χ4n) is 3.45. The van der Waals surface area contributed by atoms with Crippen molar-refractivity contribution in [2.75, 3.05) is 13.7 Å². The second kappa shape index (κ2) is 9.21. The fraction of sp³-hybridized carbons (Fsp3) is 0.333. The van der Waals surface area contributed by atoms with E-state index in [0.29, 0.717) is 24.0 Å². The van der Waals surface area contributed by atoms with Crippen molar-refractivity contribution in [1.29, 1.82) is 0 Å². The first kappa shape index (κ1) is 20.2. The van der Waals surface area contributed by atoms with E-state index in [0.717, 1.165) is 47.3 Å². The number of aromatic nitrogens is 5. The van der Waals surface area contributed by atoms with E-state index in [1.165, 1.54) is 0 Å². The molecule has 1 aliphatic rings. The van der Waals surface area contributed by atoms with Crippen LogP contribution in [0.3, 0.4) is 0 Å². The highest BCUT2D eigenvalue weighted by Crippen LogP contribution is 2.29. The number of thioether (sulfide) groups is 1. The summed E-state index contributed by atoms with van der Waals surface area (Å²) in [5.41, 5.74) is 1.93. The summed E-state index contributed by atoms with van der Waals surface area (Å²) in [5.74, 6) is 3.33. The molecule has 0 radical (unpaired) electrons. The Labute approximate surface area is 187 Å². The van der Waals surface area contributed by atoms with E-state index < -0.39 is 0 Å². The van der Waals surface area contributed by atoms with Crippen molar-refractivity contribution in [1.82, 2.24) is 24.9 Å². The van der Waals surface area contributed by atoms with Gasteiger partial charge in [0.25, 0.3) is 5.89 Å². The molecule has 160 valence electrons. The Morgan fingerprint density at radius 2 is 2.10 bits per heavy atom. The second-order valence-electron chi connectivity index (χ2n) is 7.10. The SMILES string of the molecule is COc1ccc(-c2nnc(SCc3noc(-c4ccsc4)n3)n2CC2CCCO2)cc1. The van der Waals surface area contributed by atoms with Crippen LogP contribution in [0, 0.1) is 0 Å². The van der Waals surface area contributed by atoms with Crippen LogP contribution >= 0.6 is 23.1 Å². The van der Waals surface area contributed by atoms with Gasteiger partial charge in [0, 0.05) is 17.6 Å². The highest BCUT2D eigenvalue weighted by molar-refractivity contribution is 7.98. The van der Waals surface area contributed by atoms with Crippen LogP contribution in [0.5, 0.6) is 5.75 Å². The summed E-state index contributed by atoms with van der Waals surface area (Å²) in [6, 6.07) is 9.82. The number of hydrogen-bond acceptors (Lipinski definition) is 9. The molecule has 1 fully saturated rings. The largest absolute Gasteiger partial charge is 0.497 e. The van der Waals surface area contributed by atoms with Crippen LogP contribution in [0.25, 0.3) is 22.8 Å². The van der Waals surface area contributed by atoms with Crippen molar-refractivity contribution in [2.45, 2.75) is 36.4 Å². The van der Waals surface area contributed by atoms with Crippen molar-refractivity contribution in [3.8, 4) is 28.6 Å². The molecule has 5 rings (SSSR count). The molecule has 10 heteroatoms. The number of thiophene rings is 1. The number of hydrogen-bond donors (Lipinski definition) is 0. The summed E-state index contributed by atoms with van der Waals surface area (Å²) >= 11 is 3.14. The highest BCUT2D eigenvalue weighted by Gasteiger charge is 2.22. The molecule has 4 aromatic rings. The molecule has 0 bridgehead atoms. The Hall–Kier alpha value is -2.69. The van der Waals surface area contributed by atoms with Gasteiger partial charge in [-0.05, 0) is 48.6 Å². The summed E-state index contributed by atoms with van der Waals surface area (Å²) in [5, 5.41) is 17.8. The molecule has 31 heavy (non-hydrogen) atoms. The van der Waals surface area contributed by atoms with Gasteiger partial charge in [-0.2, -0.15) is 16.3 Å². The maximum atomic E-state index is 5.87. The Morgan fingerprint density at radius 3 is 2.84 bits per heavy atom. The predicted molar refractivity (Wildman–Crippen MR) is 118 cm³/mol. The third-order valence-electron chi connectivity index (χ3n) is 5.04. The third-order valence-corrected chi connectivity index (χ3v) is 6.69. The minimum Gasteiger partial charge on any atom is -0.497 e. The van der Waals surface area contributed by atoms with Crippen LogP contribution < -0.4 is 4.74 Å². The first-order valence-electron chi connectivity index (χ1n) is 9.97. The van der Waals surface area contributed by atoms with Crippen molar-refractivity contribution in [3.63, 3.8) is 0 Å². The number of nitrogens with zero attached hydrogens (tertiary/aromatic N) is 5. The zero-order valence-corrected chi connectivity index (χ0v) is 18.6. The zero-order chi connectivity index (χ0) is 21.0. The van der Waals surface area contributed by atoms with E-state index in [2.05, 4.69) is 24.9 Å². The van der Waals surface area contributed by atoms with Gasteiger partial charge in [0.05, 0.1) is 31.1 Å². The van der Waals surface area contributed by atoms with Gasteiger partial charge >= 0.3 is 0 Å². The van der Waals surface area contributed by atoms with Crippen molar-refractivity contribution in [2.24, 2.45) is 0 Å². The number of rotatable bonds is 8.